The van der Waals surface area contributed by atoms with Crippen LogP contribution in [-0.2, 0) is 10.3 Å². The fourth-order valence-electron chi connectivity index (χ4n) is 1.17. The number of hydrogen-bond donors (Lipinski definition) is 1. The van der Waals surface area contributed by atoms with E-state index in [0.29, 0.717) is 5.92 Å². The number of methoxy groups -OCH3 is 1. The van der Waals surface area contributed by atoms with Gasteiger partial charge < -0.3 is 4.74 Å². The van der Waals surface area contributed by atoms with E-state index in [1.54, 1.807) is 7.11 Å². The van der Waals surface area contributed by atoms with Crippen LogP contribution in [0.2, 0.25) is 0 Å². The van der Waals surface area contributed by atoms with Crippen molar-refractivity contribution in [1.82, 2.24) is 15.2 Å². The van der Waals surface area contributed by atoms with Gasteiger partial charge in [-0.3, -0.25) is 5.10 Å². The van der Waals surface area contributed by atoms with Gasteiger partial charge in [0.2, 0.25) is 0 Å². The van der Waals surface area contributed by atoms with Crippen LogP contribution in [-0.4, -0.2) is 22.3 Å². The van der Waals surface area contributed by atoms with Gasteiger partial charge in [0.05, 0.1) is 0 Å². The molecule has 1 saturated carbocycles. The molecule has 0 radical (unpaired) electrons. The van der Waals surface area contributed by atoms with Crippen molar-refractivity contribution in [3.8, 4) is 0 Å². The lowest BCUT2D eigenvalue weighted by molar-refractivity contribution is 0.0117. The van der Waals surface area contributed by atoms with Gasteiger partial charge in [0, 0.05) is 13.0 Å². The predicted molar refractivity (Wildman–Crippen MR) is 48.4 cm³/mol. The molecule has 13 heavy (non-hydrogen) atoms. The summed E-state index contributed by atoms with van der Waals surface area (Å²) in [6.45, 7) is 3.93. The van der Waals surface area contributed by atoms with Crippen LogP contribution < -0.4 is 0 Å². The molecule has 4 nitrogen and oxygen atoms in total. The van der Waals surface area contributed by atoms with Gasteiger partial charge in [0.1, 0.15) is 11.4 Å². The van der Waals surface area contributed by atoms with Gasteiger partial charge in [-0.1, -0.05) is 0 Å². The van der Waals surface area contributed by atoms with E-state index in [0.717, 1.165) is 11.6 Å². The highest BCUT2D eigenvalue weighted by Gasteiger charge is 2.30. The third-order valence-corrected chi connectivity index (χ3v) is 2.52. The number of ether oxygens (including phenoxy) is 1. The smallest absolute Gasteiger partial charge is 0.181 e. The molecule has 4 heteroatoms. The van der Waals surface area contributed by atoms with Crippen molar-refractivity contribution in [1.29, 1.82) is 0 Å². The Balaban J connectivity index is 2.20. The average Bonchev–Trinajstić information content (AvgIpc) is 2.83. The molecule has 2 rings (SSSR count). The maximum absolute atomic E-state index is 5.29. The lowest BCUT2D eigenvalue weighted by Crippen LogP contribution is -2.21. The standard InChI is InChI=1S/C9H15N3O/c1-9(2,13-3)8-10-7(11-12-8)6-4-5-6/h6H,4-5H2,1-3H3,(H,10,11,12). The first-order chi connectivity index (χ1) is 6.13. The van der Waals surface area contributed by atoms with Crippen molar-refractivity contribution in [2.75, 3.05) is 7.11 Å². The monoisotopic (exact) mass is 181 g/mol. The molecule has 0 spiro atoms. The molecule has 0 amide bonds. The third kappa shape index (κ3) is 1.58. The Labute approximate surface area is 77.7 Å². The quantitative estimate of drug-likeness (QED) is 0.770. The molecule has 1 N–H and O–H groups in total. The van der Waals surface area contributed by atoms with Crippen molar-refractivity contribution in [3.63, 3.8) is 0 Å². The normalized spacial score (nSPS) is 17.8. The van der Waals surface area contributed by atoms with Gasteiger partial charge in [-0.15, -0.1) is 0 Å². The van der Waals surface area contributed by atoms with Crippen LogP contribution >= 0.6 is 0 Å². The second kappa shape index (κ2) is 2.80. The van der Waals surface area contributed by atoms with E-state index in [4.69, 9.17) is 4.74 Å². The highest BCUT2D eigenvalue weighted by molar-refractivity contribution is 5.08. The van der Waals surface area contributed by atoms with E-state index in [2.05, 4.69) is 15.2 Å². The zero-order valence-electron chi connectivity index (χ0n) is 8.29. The number of hydrogen-bond acceptors (Lipinski definition) is 3. The topological polar surface area (TPSA) is 50.8 Å². The summed E-state index contributed by atoms with van der Waals surface area (Å²) >= 11 is 0. The van der Waals surface area contributed by atoms with Gasteiger partial charge in [-0.25, -0.2) is 4.98 Å². The summed E-state index contributed by atoms with van der Waals surface area (Å²) < 4.78 is 5.29. The molecule has 1 aliphatic carbocycles. The Morgan fingerprint density at radius 1 is 1.46 bits per heavy atom. The summed E-state index contributed by atoms with van der Waals surface area (Å²) in [6.07, 6.45) is 2.48. The molecule has 1 heterocycles. The minimum atomic E-state index is -0.385. The maximum Gasteiger partial charge on any atom is 0.181 e. The minimum Gasteiger partial charge on any atom is -0.371 e. The first-order valence-electron chi connectivity index (χ1n) is 4.61. The van der Waals surface area contributed by atoms with Gasteiger partial charge in [0.15, 0.2) is 5.82 Å². The molecule has 0 bridgehead atoms. The highest BCUT2D eigenvalue weighted by atomic mass is 16.5. The van der Waals surface area contributed by atoms with Crippen LogP contribution in [0.1, 0.15) is 44.3 Å². The molecule has 0 aromatic carbocycles. The average molecular weight is 181 g/mol. The largest absolute Gasteiger partial charge is 0.371 e. The Kier molecular flexibility index (Phi) is 1.87. The zero-order chi connectivity index (χ0) is 9.47. The summed E-state index contributed by atoms with van der Waals surface area (Å²) in [5.74, 6) is 2.38. The van der Waals surface area contributed by atoms with Crippen molar-refractivity contribution in [3.05, 3.63) is 11.6 Å². The van der Waals surface area contributed by atoms with Gasteiger partial charge >= 0.3 is 0 Å². The van der Waals surface area contributed by atoms with E-state index >= 15 is 0 Å². The SMILES string of the molecule is COC(C)(C)c1n[nH]c(C2CC2)n1. The van der Waals surface area contributed by atoms with Crippen LogP contribution in [0.5, 0.6) is 0 Å². The lowest BCUT2D eigenvalue weighted by atomic mass is 10.1. The maximum atomic E-state index is 5.29. The molecule has 0 aliphatic heterocycles. The second-order valence-corrected chi connectivity index (χ2v) is 4.03. The molecular weight excluding hydrogens is 166 g/mol. The summed E-state index contributed by atoms with van der Waals surface area (Å²) in [5, 5.41) is 7.13. The third-order valence-electron chi connectivity index (χ3n) is 2.52. The van der Waals surface area contributed by atoms with Gasteiger partial charge in [-0.2, -0.15) is 5.10 Å². The summed E-state index contributed by atoms with van der Waals surface area (Å²) in [6, 6.07) is 0. The van der Waals surface area contributed by atoms with Crippen LogP contribution in [0.3, 0.4) is 0 Å². The second-order valence-electron chi connectivity index (χ2n) is 4.03. The van der Waals surface area contributed by atoms with Gasteiger partial charge in [-0.05, 0) is 26.7 Å². The molecular formula is C9H15N3O. The van der Waals surface area contributed by atoms with E-state index in [1.165, 1.54) is 12.8 Å². The van der Waals surface area contributed by atoms with Crippen molar-refractivity contribution < 1.29 is 4.74 Å². The van der Waals surface area contributed by atoms with E-state index in [-0.39, 0.29) is 5.60 Å². The number of rotatable bonds is 3. The van der Waals surface area contributed by atoms with Crippen LogP contribution in [0, 0.1) is 0 Å². The van der Waals surface area contributed by atoms with Crippen LogP contribution in [0.15, 0.2) is 0 Å². The summed E-state index contributed by atoms with van der Waals surface area (Å²) in [5.41, 5.74) is -0.385. The molecule has 1 aliphatic rings. The zero-order valence-corrected chi connectivity index (χ0v) is 8.29. The van der Waals surface area contributed by atoms with Crippen LogP contribution in [0.4, 0.5) is 0 Å². The van der Waals surface area contributed by atoms with E-state index < -0.39 is 0 Å². The van der Waals surface area contributed by atoms with Gasteiger partial charge in [0.25, 0.3) is 0 Å². The summed E-state index contributed by atoms with van der Waals surface area (Å²) in [4.78, 5) is 4.42. The van der Waals surface area contributed by atoms with Crippen LogP contribution in [0.25, 0.3) is 0 Å². The fraction of sp³-hybridized carbons (Fsp3) is 0.778. The number of nitrogens with zero attached hydrogens (tertiary/aromatic N) is 2. The first kappa shape index (κ1) is 8.69. The Bertz CT molecular complexity index is 302. The van der Waals surface area contributed by atoms with E-state index in [9.17, 15) is 0 Å². The van der Waals surface area contributed by atoms with Crippen molar-refractivity contribution >= 4 is 0 Å². The first-order valence-corrected chi connectivity index (χ1v) is 4.61. The van der Waals surface area contributed by atoms with E-state index in [1.807, 2.05) is 13.8 Å². The number of aromatic nitrogens is 3. The molecule has 1 fully saturated rings. The lowest BCUT2D eigenvalue weighted by Gasteiger charge is -2.18. The molecule has 1 aromatic heterocycles. The highest BCUT2D eigenvalue weighted by Crippen LogP contribution is 2.38. The number of H-pyrrole nitrogens is 1. The number of aromatic amines is 1. The minimum absolute atomic E-state index is 0.385. The molecule has 0 atom stereocenters. The van der Waals surface area contributed by atoms with Crippen molar-refractivity contribution in [2.45, 2.75) is 38.2 Å². The Hall–Kier alpha value is -0.900. The number of nitrogens with one attached hydrogen (secondary N) is 1. The Morgan fingerprint density at radius 2 is 2.15 bits per heavy atom. The molecule has 0 unspecified atom stereocenters. The molecule has 72 valence electrons. The molecule has 0 saturated heterocycles. The fourth-order valence-corrected chi connectivity index (χ4v) is 1.17. The summed E-state index contributed by atoms with van der Waals surface area (Å²) in [7, 11) is 1.67. The van der Waals surface area contributed by atoms with Crippen molar-refractivity contribution in [2.24, 2.45) is 0 Å². The predicted octanol–water partition coefficient (Wildman–Crippen LogP) is 1.56. The Morgan fingerprint density at radius 3 is 2.69 bits per heavy atom. The molecule has 1 aromatic rings.